The Morgan fingerprint density at radius 1 is 1.19 bits per heavy atom. The summed E-state index contributed by atoms with van der Waals surface area (Å²) in [6.07, 6.45) is 6.05. The van der Waals surface area contributed by atoms with E-state index in [1.54, 1.807) is 0 Å². The van der Waals surface area contributed by atoms with Gasteiger partial charge in [-0.2, -0.15) is 5.10 Å². The van der Waals surface area contributed by atoms with Crippen LogP contribution >= 0.6 is 0 Å². The minimum Gasteiger partial charge on any atom is -0.350 e. The summed E-state index contributed by atoms with van der Waals surface area (Å²) in [7, 11) is 0. The Hall–Kier alpha value is -2.56. The highest BCUT2D eigenvalue weighted by Crippen LogP contribution is 2.26. The van der Waals surface area contributed by atoms with E-state index in [0.717, 1.165) is 54.6 Å². The molecule has 1 aliphatic rings. The highest BCUT2D eigenvalue weighted by molar-refractivity contribution is 6.01. The smallest absolute Gasteiger partial charge is 0.270 e. The zero-order valence-corrected chi connectivity index (χ0v) is 15.7. The monoisotopic (exact) mass is 350 g/mol. The molecule has 0 radical (unpaired) electrons. The number of rotatable bonds is 3. The van der Waals surface area contributed by atoms with Crippen molar-refractivity contribution < 1.29 is 4.79 Å². The number of carbonyl (C=O) groups is 1. The first kappa shape index (κ1) is 16.9. The number of aromatic nitrogens is 3. The number of likely N-dealkylation sites (tertiary alicyclic amines) is 1. The standard InChI is InChI=1S/C21H26N4O/c1-14-4-5-19-18(10-14)16(3)20(23-19)21(26)24-8-6-17(7-9-24)13-25-12-15(2)11-22-25/h4-5,10-12,17,23H,6-9,13H2,1-3H3. The Morgan fingerprint density at radius 2 is 1.96 bits per heavy atom. The second kappa shape index (κ2) is 6.63. The van der Waals surface area contributed by atoms with E-state index in [1.165, 1.54) is 11.1 Å². The maximum Gasteiger partial charge on any atom is 0.270 e. The zero-order valence-electron chi connectivity index (χ0n) is 15.7. The lowest BCUT2D eigenvalue weighted by Crippen LogP contribution is -2.39. The van der Waals surface area contributed by atoms with Gasteiger partial charge in [-0.25, -0.2) is 0 Å². The molecule has 1 fully saturated rings. The van der Waals surface area contributed by atoms with Gasteiger partial charge in [0.25, 0.3) is 5.91 Å². The van der Waals surface area contributed by atoms with Crippen LogP contribution in [0.15, 0.2) is 30.6 Å². The van der Waals surface area contributed by atoms with E-state index < -0.39 is 0 Å². The molecule has 5 nitrogen and oxygen atoms in total. The number of piperidine rings is 1. The number of nitrogens with one attached hydrogen (secondary N) is 1. The highest BCUT2D eigenvalue weighted by atomic mass is 16.2. The average molecular weight is 350 g/mol. The number of hydrogen-bond acceptors (Lipinski definition) is 2. The Labute approximate surface area is 154 Å². The van der Waals surface area contributed by atoms with Crippen molar-refractivity contribution >= 4 is 16.8 Å². The molecule has 0 atom stereocenters. The molecule has 0 aliphatic carbocycles. The Kier molecular flexibility index (Phi) is 4.31. The van der Waals surface area contributed by atoms with E-state index >= 15 is 0 Å². The van der Waals surface area contributed by atoms with Crippen LogP contribution in [0.25, 0.3) is 10.9 Å². The van der Waals surface area contributed by atoms with Gasteiger partial charge in [-0.1, -0.05) is 11.6 Å². The van der Waals surface area contributed by atoms with Gasteiger partial charge in [0.05, 0.1) is 6.20 Å². The van der Waals surface area contributed by atoms with Crippen molar-refractivity contribution in [1.82, 2.24) is 19.7 Å². The number of aromatic amines is 1. The van der Waals surface area contributed by atoms with Gasteiger partial charge < -0.3 is 9.88 Å². The number of nitrogens with zero attached hydrogens (tertiary/aromatic N) is 3. The molecule has 1 aliphatic heterocycles. The minimum absolute atomic E-state index is 0.129. The fourth-order valence-electron chi connectivity index (χ4n) is 3.96. The Morgan fingerprint density at radius 3 is 2.65 bits per heavy atom. The largest absolute Gasteiger partial charge is 0.350 e. The first-order valence-corrected chi connectivity index (χ1v) is 9.38. The molecule has 3 heterocycles. The molecule has 136 valence electrons. The highest BCUT2D eigenvalue weighted by Gasteiger charge is 2.26. The first-order chi connectivity index (χ1) is 12.5. The van der Waals surface area contributed by atoms with Crippen molar-refractivity contribution in [2.75, 3.05) is 13.1 Å². The van der Waals surface area contributed by atoms with Gasteiger partial charge in [0.1, 0.15) is 5.69 Å². The first-order valence-electron chi connectivity index (χ1n) is 9.38. The summed E-state index contributed by atoms with van der Waals surface area (Å²) < 4.78 is 2.03. The second-order valence-corrected chi connectivity index (χ2v) is 7.65. The quantitative estimate of drug-likeness (QED) is 0.780. The van der Waals surface area contributed by atoms with E-state index in [-0.39, 0.29) is 5.91 Å². The summed E-state index contributed by atoms with van der Waals surface area (Å²) >= 11 is 0. The van der Waals surface area contributed by atoms with Crippen molar-refractivity contribution in [1.29, 1.82) is 0 Å². The molecule has 0 unspecified atom stereocenters. The van der Waals surface area contributed by atoms with E-state index in [4.69, 9.17) is 0 Å². The number of carbonyl (C=O) groups excluding carboxylic acids is 1. The molecule has 5 heteroatoms. The van der Waals surface area contributed by atoms with Crippen LogP contribution in [-0.2, 0) is 6.54 Å². The topological polar surface area (TPSA) is 53.9 Å². The molecule has 1 aromatic carbocycles. The molecule has 0 saturated carbocycles. The number of aryl methyl sites for hydroxylation is 3. The summed E-state index contributed by atoms with van der Waals surface area (Å²) in [5.74, 6) is 0.717. The molecular weight excluding hydrogens is 324 g/mol. The molecule has 3 aromatic rings. The number of H-pyrrole nitrogens is 1. The van der Waals surface area contributed by atoms with Gasteiger partial charge in [-0.15, -0.1) is 0 Å². The van der Waals surface area contributed by atoms with Gasteiger partial charge in [0.2, 0.25) is 0 Å². The summed E-state index contributed by atoms with van der Waals surface area (Å²) in [6.45, 7) is 8.77. The predicted octanol–water partition coefficient (Wildman–Crippen LogP) is 3.84. The van der Waals surface area contributed by atoms with Crippen LogP contribution in [0.4, 0.5) is 0 Å². The average Bonchev–Trinajstić information content (AvgIpc) is 3.18. The van der Waals surface area contributed by atoms with E-state index in [0.29, 0.717) is 5.92 Å². The van der Waals surface area contributed by atoms with E-state index in [2.05, 4.69) is 48.3 Å². The van der Waals surface area contributed by atoms with E-state index in [1.807, 2.05) is 22.7 Å². The number of benzene rings is 1. The van der Waals surface area contributed by atoms with Gasteiger partial charge >= 0.3 is 0 Å². The fourth-order valence-corrected chi connectivity index (χ4v) is 3.96. The molecule has 1 amide bonds. The number of hydrogen-bond donors (Lipinski definition) is 1. The van der Waals surface area contributed by atoms with Crippen LogP contribution in [0.3, 0.4) is 0 Å². The van der Waals surface area contributed by atoms with Crippen molar-refractivity contribution in [3.8, 4) is 0 Å². The number of fused-ring (bicyclic) bond motifs is 1. The molecule has 0 bridgehead atoms. The van der Waals surface area contributed by atoms with Gasteiger partial charge in [0.15, 0.2) is 0 Å². The zero-order chi connectivity index (χ0) is 18.3. The third-order valence-electron chi connectivity index (χ3n) is 5.54. The normalized spacial score (nSPS) is 15.7. The maximum absolute atomic E-state index is 13.0. The Balaban J connectivity index is 1.44. The third-order valence-corrected chi connectivity index (χ3v) is 5.54. The lowest BCUT2D eigenvalue weighted by Gasteiger charge is -2.32. The van der Waals surface area contributed by atoms with Crippen LogP contribution < -0.4 is 0 Å². The third kappa shape index (κ3) is 3.14. The fraction of sp³-hybridized carbons (Fsp3) is 0.429. The van der Waals surface area contributed by atoms with Crippen LogP contribution in [0.2, 0.25) is 0 Å². The Bertz CT molecular complexity index is 944. The van der Waals surface area contributed by atoms with Gasteiger partial charge in [0, 0.05) is 36.7 Å². The summed E-state index contributed by atoms with van der Waals surface area (Å²) in [5.41, 5.74) is 5.25. The van der Waals surface area contributed by atoms with Crippen molar-refractivity contribution in [3.63, 3.8) is 0 Å². The molecular formula is C21H26N4O. The lowest BCUT2D eigenvalue weighted by atomic mass is 9.96. The van der Waals surface area contributed by atoms with Crippen molar-refractivity contribution in [3.05, 3.63) is 53.0 Å². The lowest BCUT2D eigenvalue weighted by molar-refractivity contribution is 0.0675. The molecule has 26 heavy (non-hydrogen) atoms. The van der Waals surface area contributed by atoms with Gasteiger partial charge in [-0.05, 0) is 62.8 Å². The SMILES string of the molecule is Cc1ccc2[nH]c(C(=O)N3CCC(Cn4cc(C)cn4)CC3)c(C)c2c1. The summed E-state index contributed by atoms with van der Waals surface area (Å²) in [6, 6.07) is 6.29. The summed E-state index contributed by atoms with van der Waals surface area (Å²) in [4.78, 5) is 18.4. The van der Waals surface area contributed by atoms with Crippen LogP contribution in [0.5, 0.6) is 0 Å². The van der Waals surface area contributed by atoms with Crippen LogP contribution in [-0.4, -0.2) is 38.7 Å². The second-order valence-electron chi connectivity index (χ2n) is 7.65. The molecule has 1 N–H and O–H groups in total. The van der Waals surface area contributed by atoms with Crippen LogP contribution in [0.1, 0.15) is 40.0 Å². The predicted molar refractivity (Wildman–Crippen MR) is 103 cm³/mol. The maximum atomic E-state index is 13.0. The molecule has 2 aromatic heterocycles. The molecule has 1 saturated heterocycles. The van der Waals surface area contributed by atoms with E-state index in [9.17, 15) is 4.79 Å². The van der Waals surface area contributed by atoms with Crippen LogP contribution in [0, 0.1) is 26.7 Å². The minimum atomic E-state index is 0.129. The van der Waals surface area contributed by atoms with Gasteiger partial charge in [-0.3, -0.25) is 9.48 Å². The van der Waals surface area contributed by atoms with Crippen molar-refractivity contribution in [2.45, 2.75) is 40.2 Å². The summed E-state index contributed by atoms with van der Waals surface area (Å²) in [5, 5.41) is 5.54. The number of amides is 1. The van der Waals surface area contributed by atoms with Crippen molar-refractivity contribution in [2.24, 2.45) is 5.92 Å². The molecule has 0 spiro atoms. The molecule has 4 rings (SSSR count).